The molecule has 0 radical (unpaired) electrons. The first-order valence-corrected chi connectivity index (χ1v) is 7.17. The lowest BCUT2D eigenvalue weighted by Gasteiger charge is -2.15. The van der Waals surface area contributed by atoms with E-state index in [2.05, 4.69) is 43.5 Å². The topological polar surface area (TPSA) is 51.2 Å². The zero-order valence-corrected chi connectivity index (χ0v) is 12.4. The summed E-state index contributed by atoms with van der Waals surface area (Å²) < 4.78 is 5.62. The Labute approximate surface area is 124 Å². The first-order valence-electron chi connectivity index (χ1n) is 7.17. The van der Waals surface area contributed by atoms with Crippen molar-refractivity contribution in [3.63, 3.8) is 0 Å². The number of rotatable bonds is 4. The molecule has 0 aliphatic heterocycles. The Kier molecular flexibility index (Phi) is 3.78. The van der Waals surface area contributed by atoms with Gasteiger partial charge in [-0.1, -0.05) is 36.4 Å². The van der Waals surface area contributed by atoms with E-state index in [1.807, 2.05) is 18.2 Å². The molecule has 0 aliphatic carbocycles. The summed E-state index contributed by atoms with van der Waals surface area (Å²) in [5.74, 6) is 5.78. The molecule has 0 amide bonds. The van der Waals surface area contributed by atoms with Crippen LogP contribution in [-0.2, 0) is 6.42 Å². The summed E-state index contributed by atoms with van der Waals surface area (Å²) >= 11 is 0. The number of benzene rings is 2. The molecule has 3 heteroatoms. The van der Waals surface area contributed by atoms with E-state index in [4.69, 9.17) is 10.3 Å². The molecule has 108 valence electrons. The lowest BCUT2D eigenvalue weighted by atomic mass is 9.96. The number of hydrogen-bond donors (Lipinski definition) is 2. The van der Waals surface area contributed by atoms with Gasteiger partial charge in [0.25, 0.3) is 0 Å². The van der Waals surface area contributed by atoms with Crippen molar-refractivity contribution in [2.45, 2.75) is 26.3 Å². The summed E-state index contributed by atoms with van der Waals surface area (Å²) in [5, 5.41) is 1.12. The van der Waals surface area contributed by atoms with E-state index in [0.29, 0.717) is 0 Å². The Hall–Kier alpha value is -2.10. The van der Waals surface area contributed by atoms with Gasteiger partial charge in [-0.25, -0.2) is 0 Å². The Morgan fingerprint density at radius 3 is 2.67 bits per heavy atom. The van der Waals surface area contributed by atoms with Crippen LogP contribution in [0.3, 0.4) is 0 Å². The average Bonchev–Trinajstić information content (AvgIpc) is 2.92. The lowest BCUT2D eigenvalue weighted by Crippen LogP contribution is -2.29. The monoisotopic (exact) mass is 280 g/mol. The van der Waals surface area contributed by atoms with Crippen molar-refractivity contribution in [1.29, 1.82) is 0 Å². The molecule has 0 aliphatic rings. The number of nitrogens with one attached hydrogen (secondary N) is 1. The van der Waals surface area contributed by atoms with Crippen LogP contribution in [0, 0.1) is 13.8 Å². The number of nitrogens with two attached hydrogens (primary N) is 1. The predicted octanol–water partition coefficient (Wildman–Crippen LogP) is 3.80. The molecule has 21 heavy (non-hydrogen) atoms. The second-order valence-electron chi connectivity index (χ2n) is 5.53. The fourth-order valence-corrected chi connectivity index (χ4v) is 2.69. The molecule has 2 aromatic carbocycles. The third-order valence-electron chi connectivity index (χ3n) is 4.10. The zero-order chi connectivity index (χ0) is 14.8. The molecule has 3 N–H and O–H groups in total. The second kappa shape index (κ2) is 5.72. The summed E-state index contributed by atoms with van der Waals surface area (Å²) in [6, 6.07) is 14.6. The molecule has 0 bridgehead atoms. The van der Waals surface area contributed by atoms with Crippen molar-refractivity contribution in [3.8, 4) is 0 Å². The summed E-state index contributed by atoms with van der Waals surface area (Å²) in [6.45, 7) is 4.26. The van der Waals surface area contributed by atoms with E-state index < -0.39 is 0 Å². The molecule has 0 saturated carbocycles. The summed E-state index contributed by atoms with van der Waals surface area (Å²) in [5.41, 5.74) is 8.80. The van der Waals surface area contributed by atoms with Crippen LogP contribution < -0.4 is 11.3 Å². The Balaban J connectivity index is 1.93. The van der Waals surface area contributed by atoms with Crippen molar-refractivity contribution in [3.05, 3.63) is 71.0 Å². The molecule has 0 saturated heterocycles. The molecular weight excluding hydrogens is 260 g/mol. The van der Waals surface area contributed by atoms with Crippen LogP contribution in [0.25, 0.3) is 11.0 Å². The predicted molar refractivity (Wildman–Crippen MR) is 85.9 cm³/mol. The third-order valence-corrected chi connectivity index (χ3v) is 4.10. The van der Waals surface area contributed by atoms with Gasteiger partial charge in [0.1, 0.15) is 5.58 Å². The maximum Gasteiger partial charge on any atom is 0.134 e. The highest BCUT2D eigenvalue weighted by molar-refractivity contribution is 5.81. The Bertz CT molecular complexity index is 761. The van der Waals surface area contributed by atoms with Crippen molar-refractivity contribution >= 4 is 11.0 Å². The molecule has 3 nitrogen and oxygen atoms in total. The van der Waals surface area contributed by atoms with Gasteiger partial charge < -0.3 is 4.42 Å². The number of hydrogen-bond acceptors (Lipinski definition) is 3. The standard InChI is InChI=1S/C18H20N2O/c1-12-7-8-14(9-13(12)2)10-17(20-19)16-11-21-18-6-4-3-5-15(16)18/h3-9,11,17,20H,10,19H2,1-2H3. The molecule has 0 fully saturated rings. The van der Waals surface area contributed by atoms with Crippen LogP contribution in [-0.4, -0.2) is 0 Å². The number of hydrazine groups is 1. The minimum absolute atomic E-state index is 0.0377. The van der Waals surface area contributed by atoms with E-state index >= 15 is 0 Å². The van der Waals surface area contributed by atoms with Gasteiger partial charge in [0.2, 0.25) is 0 Å². The van der Waals surface area contributed by atoms with Gasteiger partial charge in [-0.2, -0.15) is 0 Å². The maximum absolute atomic E-state index is 5.78. The SMILES string of the molecule is Cc1ccc(CC(NN)c2coc3ccccc23)cc1C. The van der Waals surface area contributed by atoms with Crippen molar-refractivity contribution in [1.82, 2.24) is 5.43 Å². The first-order chi connectivity index (χ1) is 10.2. The molecule has 1 aromatic heterocycles. The Morgan fingerprint density at radius 1 is 1.10 bits per heavy atom. The van der Waals surface area contributed by atoms with Gasteiger partial charge in [0.05, 0.1) is 12.3 Å². The largest absolute Gasteiger partial charge is 0.464 e. The molecule has 1 heterocycles. The smallest absolute Gasteiger partial charge is 0.134 e. The normalized spacial score (nSPS) is 12.7. The van der Waals surface area contributed by atoms with Gasteiger partial charge >= 0.3 is 0 Å². The number of furan rings is 1. The van der Waals surface area contributed by atoms with Crippen molar-refractivity contribution < 1.29 is 4.42 Å². The number of aryl methyl sites for hydroxylation is 2. The first kappa shape index (κ1) is 13.9. The third kappa shape index (κ3) is 2.71. The second-order valence-corrected chi connectivity index (χ2v) is 5.53. The molecule has 0 spiro atoms. The minimum Gasteiger partial charge on any atom is -0.464 e. The van der Waals surface area contributed by atoms with Gasteiger partial charge in [0, 0.05) is 10.9 Å². The molecule has 3 aromatic rings. The summed E-state index contributed by atoms with van der Waals surface area (Å²) in [4.78, 5) is 0. The molecule has 1 unspecified atom stereocenters. The fourth-order valence-electron chi connectivity index (χ4n) is 2.69. The minimum atomic E-state index is 0.0377. The van der Waals surface area contributed by atoms with E-state index in [1.165, 1.54) is 16.7 Å². The molecular formula is C18H20N2O. The van der Waals surface area contributed by atoms with Gasteiger partial charge in [-0.05, 0) is 43.0 Å². The van der Waals surface area contributed by atoms with E-state index in [1.54, 1.807) is 6.26 Å². The van der Waals surface area contributed by atoms with E-state index in [9.17, 15) is 0 Å². The highest BCUT2D eigenvalue weighted by Gasteiger charge is 2.16. The highest BCUT2D eigenvalue weighted by Crippen LogP contribution is 2.28. The van der Waals surface area contributed by atoms with Crippen LogP contribution in [0.5, 0.6) is 0 Å². The summed E-state index contributed by atoms with van der Waals surface area (Å²) in [7, 11) is 0. The number of para-hydroxylation sites is 1. The lowest BCUT2D eigenvalue weighted by molar-refractivity contribution is 0.536. The Morgan fingerprint density at radius 2 is 1.90 bits per heavy atom. The van der Waals surface area contributed by atoms with Crippen LogP contribution in [0.1, 0.15) is 28.3 Å². The van der Waals surface area contributed by atoms with Crippen LogP contribution >= 0.6 is 0 Å². The van der Waals surface area contributed by atoms with Crippen LogP contribution in [0.2, 0.25) is 0 Å². The van der Waals surface area contributed by atoms with Crippen LogP contribution in [0.15, 0.2) is 53.1 Å². The van der Waals surface area contributed by atoms with E-state index in [-0.39, 0.29) is 6.04 Å². The number of fused-ring (bicyclic) bond motifs is 1. The highest BCUT2D eigenvalue weighted by atomic mass is 16.3. The van der Waals surface area contributed by atoms with E-state index in [0.717, 1.165) is 23.0 Å². The fraction of sp³-hybridized carbons (Fsp3) is 0.222. The summed E-state index contributed by atoms with van der Waals surface area (Å²) in [6.07, 6.45) is 2.64. The zero-order valence-electron chi connectivity index (χ0n) is 12.4. The molecule has 3 rings (SSSR count). The average molecular weight is 280 g/mol. The van der Waals surface area contributed by atoms with Crippen molar-refractivity contribution in [2.24, 2.45) is 5.84 Å². The van der Waals surface area contributed by atoms with Gasteiger partial charge in [-0.15, -0.1) is 0 Å². The quantitative estimate of drug-likeness (QED) is 0.564. The van der Waals surface area contributed by atoms with Gasteiger partial charge in [0.15, 0.2) is 0 Å². The molecule has 1 atom stereocenters. The maximum atomic E-state index is 5.78. The van der Waals surface area contributed by atoms with Crippen molar-refractivity contribution in [2.75, 3.05) is 0 Å². The van der Waals surface area contributed by atoms with Crippen LogP contribution in [0.4, 0.5) is 0 Å². The van der Waals surface area contributed by atoms with Gasteiger partial charge in [-0.3, -0.25) is 11.3 Å².